The molecule has 1 heterocycles. The van der Waals surface area contributed by atoms with E-state index >= 15 is 0 Å². The molecular formula is C4H2N2O5. The third-order valence-electron chi connectivity index (χ3n) is 1.02. The standard InChI is InChI=1S/C4H2N2O5/c7-5(8)3-1-11-2-4(3)6(9)10/h1-2H. The van der Waals surface area contributed by atoms with Crippen molar-refractivity contribution in [3.8, 4) is 0 Å². The normalized spacial score (nSPS) is 9.45. The minimum Gasteiger partial charge on any atom is -0.458 e. The maximum Gasteiger partial charge on any atom is 0.383 e. The molecule has 0 bridgehead atoms. The molecule has 0 saturated carbocycles. The smallest absolute Gasteiger partial charge is 0.383 e. The first-order valence-corrected chi connectivity index (χ1v) is 2.48. The average molecular weight is 158 g/mol. The van der Waals surface area contributed by atoms with E-state index in [0.717, 1.165) is 12.5 Å². The van der Waals surface area contributed by atoms with Gasteiger partial charge in [-0.05, 0) is 0 Å². The lowest BCUT2D eigenvalue weighted by Gasteiger charge is -1.83. The largest absolute Gasteiger partial charge is 0.458 e. The minimum atomic E-state index is -0.873. The fourth-order valence-electron chi connectivity index (χ4n) is 0.557. The third-order valence-corrected chi connectivity index (χ3v) is 1.02. The quantitative estimate of drug-likeness (QED) is 0.473. The van der Waals surface area contributed by atoms with Gasteiger partial charge >= 0.3 is 11.4 Å². The molecule has 0 saturated heterocycles. The van der Waals surface area contributed by atoms with Crippen LogP contribution >= 0.6 is 0 Å². The highest BCUT2D eigenvalue weighted by atomic mass is 16.6. The van der Waals surface area contributed by atoms with Crippen LogP contribution in [-0.2, 0) is 0 Å². The fourth-order valence-corrected chi connectivity index (χ4v) is 0.557. The van der Waals surface area contributed by atoms with Crippen LogP contribution in [-0.4, -0.2) is 9.85 Å². The van der Waals surface area contributed by atoms with Gasteiger partial charge in [0.1, 0.15) is 0 Å². The molecule has 0 radical (unpaired) electrons. The zero-order chi connectivity index (χ0) is 8.43. The molecule has 58 valence electrons. The maximum atomic E-state index is 10.0. The van der Waals surface area contributed by atoms with E-state index < -0.39 is 21.2 Å². The molecular weight excluding hydrogens is 156 g/mol. The summed E-state index contributed by atoms with van der Waals surface area (Å²) >= 11 is 0. The molecule has 0 fully saturated rings. The van der Waals surface area contributed by atoms with Gasteiger partial charge in [0.05, 0.1) is 9.85 Å². The Morgan fingerprint density at radius 3 is 1.73 bits per heavy atom. The summed E-state index contributed by atoms with van der Waals surface area (Å²) < 4.78 is 4.28. The van der Waals surface area contributed by atoms with E-state index in [1.807, 2.05) is 0 Å². The Bertz CT molecular complexity index is 275. The molecule has 0 unspecified atom stereocenters. The van der Waals surface area contributed by atoms with Gasteiger partial charge in [0.2, 0.25) is 0 Å². The van der Waals surface area contributed by atoms with Gasteiger partial charge in [-0.25, -0.2) is 0 Å². The van der Waals surface area contributed by atoms with E-state index in [9.17, 15) is 20.2 Å². The molecule has 0 spiro atoms. The maximum absolute atomic E-state index is 10.0. The summed E-state index contributed by atoms with van der Waals surface area (Å²) in [7, 11) is 0. The Morgan fingerprint density at radius 2 is 1.45 bits per heavy atom. The van der Waals surface area contributed by atoms with E-state index in [4.69, 9.17) is 0 Å². The topological polar surface area (TPSA) is 99.4 Å². The number of nitro groups is 2. The molecule has 0 amide bonds. The molecule has 11 heavy (non-hydrogen) atoms. The number of furan rings is 1. The summed E-state index contributed by atoms with van der Waals surface area (Å²) in [6.45, 7) is 0. The molecule has 0 aliphatic heterocycles. The van der Waals surface area contributed by atoms with Crippen LogP contribution in [0.3, 0.4) is 0 Å². The van der Waals surface area contributed by atoms with Crippen molar-refractivity contribution in [1.82, 2.24) is 0 Å². The van der Waals surface area contributed by atoms with Crippen molar-refractivity contribution in [3.05, 3.63) is 32.8 Å². The molecule has 7 nitrogen and oxygen atoms in total. The van der Waals surface area contributed by atoms with Crippen LogP contribution in [0.4, 0.5) is 11.4 Å². The first-order chi connectivity index (χ1) is 5.13. The third kappa shape index (κ3) is 1.16. The van der Waals surface area contributed by atoms with E-state index in [1.165, 1.54) is 0 Å². The van der Waals surface area contributed by atoms with Crippen molar-refractivity contribution in [2.45, 2.75) is 0 Å². The summed E-state index contributed by atoms with van der Waals surface area (Å²) in [6, 6.07) is 0. The molecule has 0 aliphatic rings. The first kappa shape index (κ1) is 7.19. The van der Waals surface area contributed by atoms with Crippen LogP contribution in [0.1, 0.15) is 0 Å². The van der Waals surface area contributed by atoms with Crippen molar-refractivity contribution in [3.63, 3.8) is 0 Å². The summed E-state index contributed by atoms with van der Waals surface area (Å²) in [4.78, 5) is 18.3. The Balaban J connectivity index is 3.16. The zero-order valence-electron chi connectivity index (χ0n) is 5.09. The molecule has 1 aromatic heterocycles. The Labute approximate surface area is 59.5 Å². The molecule has 7 heteroatoms. The Hall–Kier alpha value is -1.92. The molecule has 0 N–H and O–H groups in total. The van der Waals surface area contributed by atoms with Gasteiger partial charge in [0.15, 0.2) is 12.5 Å². The lowest BCUT2D eigenvalue weighted by Crippen LogP contribution is -1.91. The molecule has 0 aliphatic carbocycles. The molecule has 0 atom stereocenters. The van der Waals surface area contributed by atoms with Crippen LogP contribution in [0, 0.1) is 20.2 Å². The SMILES string of the molecule is O=[N+]([O-])c1cocc1[N+](=O)[O-]. The van der Waals surface area contributed by atoms with Gasteiger partial charge < -0.3 is 4.42 Å². The number of rotatable bonds is 2. The lowest BCUT2D eigenvalue weighted by atomic mass is 10.5. The van der Waals surface area contributed by atoms with Crippen LogP contribution in [0.25, 0.3) is 0 Å². The summed E-state index contributed by atoms with van der Waals surface area (Å²) in [5.41, 5.74) is -1.26. The summed E-state index contributed by atoms with van der Waals surface area (Å²) in [6.07, 6.45) is 1.44. The van der Waals surface area contributed by atoms with Gasteiger partial charge in [-0.2, -0.15) is 0 Å². The Kier molecular flexibility index (Phi) is 1.55. The van der Waals surface area contributed by atoms with E-state index in [2.05, 4.69) is 4.42 Å². The van der Waals surface area contributed by atoms with Crippen molar-refractivity contribution in [1.29, 1.82) is 0 Å². The van der Waals surface area contributed by atoms with Crippen LogP contribution in [0.15, 0.2) is 16.9 Å². The van der Waals surface area contributed by atoms with Gasteiger partial charge in [0.25, 0.3) is 0 Å². The second kappa shape index (κ2) is 2.37. The van der Waals surface area contributed by atoms with Gasteiger partial charge in [-0.15, -0.1) is 0 Å². The van der Waals surface area contributed by atoms with Crippen LogP contribution < -0.4 is 0 Å². The van der Waals surface area contributed by atoms with Crippen LogP contribution in [0.2, 0.25) is 0 Å². The van der Waals surface area contributed by atoms with Gasteiger partial charge in [-0.3, -0.25) is 20.2 Å². The van der Waals surface area contributed by atoms with E-state index in [-0.39, 0.29) is 0 Å². The molecule has 1 aromatic rings. The first-order valence-electron chi connectivity index (χ1n) is 2.48. The molecule has 0 aromatic carbocycles. The number of nitrogens with zero attached hydrogens (tertiary/aromatic N) is 2. The van der Waals surface area contributed by atoms with Gasteiger partial charge in [0, 0.05) is 0 Å². The minimum absolute atomic E-state index is 0.630. The monoisotopic (exact) mass is 158 g/mol. The van der Waals surface area contributed by atoms with E-state index in [0.29, 0.717) is 0 Å². The predicted octanol–water partition coefficient (Wildman–Crippen LogP) is 1.10. The highest BCUT2D eigenvalue weighted by Crippen LogP contribution is 2.26. The van der Waals surface area contributed by atoms with Gasteiger partial charge in [-0.1, -0.05) is 0 Å². The Morgan fingerprint density at radius 1 is 1.09 bits per heavy atom. The van der Waals surface area contributed by atoms with Crippen LogP contribution in [0.5, 0.6) is 0 Å². The predicted molar refractivity (Wildman–Crippen MR) is 32.0 cm³/mol. The lowest BCUT2D eigenvalue weighted by molar-refractivity contribution is -0.421. The average Bonchev–Trinajstić information content (AvgIpc) is 2.32. The van der Waals surface area contributed by atoms with Crippen molar-refractivity contribution in [2.75, 3.05) is 0 Å². The second-order valence-electron chi connectivity index (χ2n) is 1.66. The van der Waals surface area contributed by atoms with E-state index in [1.54, 1.807) is 0 Å². The highest BCUT2D eigenvalue weighted by Gasteiger charge is 2.26. The van der Waals surface area contributed by atoms with Crippen molar-refractivity contribution in [2.24, 2.45) is 0 Å². The molecule has 1 rings (SSSR count). The second-order valence-corrected chi connectivity index (χ2v) is 1.66. The zero-order valence-corrected chi connectivity index (χ0v) is 5.09. The number of hydrogen-bond donors (Lipinski definition) is 0. The summed E-state index contributed by atoms with van der Waals surface area (Å²) in [5.74, 6) is 0. The fraction of sp³-hybridized carbons (Fsp3) is 0. The highest BCUT2D eigenvalue weighted by molar-refractivity contribution is 5.48. The summed E-state index contributed by atoms with van der Waals surface area (Å²) in [5, 5.41) is 20.1. The number of hydrogen-bond acceptors (Lipinski definition) is 5. The van der Waals surface area contributed by atoms with Crippen molar-refractivity contribution < 1.29 is 14.3 Å². The van der Waals surface area contributed by atoms with Crippen molar-refractivity contribution >= 4 is 11.4 Å².